The maximum atomic E-state index is 9.09. The molecule has 0 amide bonds. The molecule has 2 unspecified atom stereocenters. The quantitative estimate of drug-likeness (QED) is 0.890. The largest absolute Gasteiger partial charge is 0.390 e. The molecule has 0 bridgehead atoms. The molecule has 1 aromatic rings. The molecule has 3 heteroatoms. The lowest BCUT2D eigenvalue weighted by molar-refractivity contribution is 0.0327. The van der Waals surface area contributed by atoms with Crippen molar-refractivity contribution in [2.24, 2.45) is 11.7 Å². The molecule has 0 spiro atoms. The highest BCUT2D eigenvalue weighted by Crippen LogP contribution is 2.23. The molecule has 1 aliphatic carbocycles. The molecule has 0 radical (unpaired) electrons. The third kappa shape index (κ3) is 7.63. The topological polar surface area (TPSA) is 55.5 Å². The maximum absolute atomic E-state index is 9.09. The number of hydrogen-bond donors (Lipinski definition) is 2. The molecule has 1 saturated carbocycles. The fraction of sp³-hybridized carbons (Fsp3) is 0.647. The van der Waals surface area contributed by atoms with E-state index in [4.69, 9.17) is 15.6 Å². The van der Waals surface area contributed by atoms with Gasteiger partial charge in [0.1, 0.15) is 0 Å². The zero-order chi connectivity index (χ0) is 14.5. The fourth-order valence-corrected chi connectivity index (χ4v) is 1.16. The summed E-state index contributed by atoms with van der Waals surface area (Å²) in [5, 5.41) is 9.09. The molecule has 1 aromatic carbocycles. The number of aliphatic hydroxyl groups is 1. The second kappa shape index (κ2) is 8.40. The van der Waals surface area contributed by atoms with E-state index in [1.54, 1.807) is 0 Å². The molecule has 0 aromatic heterocycles. The molecule has 1 aliphatic rings. The lowest BCUT2D eigenvalue weighted by Crippen LogP contribution is -2.25. The van der Waals surface area contributed by atoms with Crippen LogP contribution in [-0.4, -0.2) is 22.9 Å². The van der Waals surface area contributed by atoms with E-state index in [0.717, 1.165) is 6.42 Å². The Balaban J connectivity index is 0.000000396. The normalized spacial score (nSPS) is 20.8. The van der Waals surface area contributed by atoms with Crippen molar-refractivity contribution < 1.29 is 9.84 Å². The van der Waals surface area contributed by atoms with Crippen LogP contribution in [0.1, 0.15) is 47.1 Å². The van der Waals surface area contributed by atoms with Crippen LogP contribution in [0.4, 0.5) is 0 Å². The summed E-state index contributed by atoms with van der Waals surface area (Å²) in [5.74, 6) is 0.354. The molecule has 20 heavy (non-hydrogen) atoms. The summed E-state index contributed by atoms with van der Waals surface area (Å²) in [5.41, 5.74) is 6.32. The maximum Gasteiger partial charge on any atom is 0.0747 e. The molecule has 116 valence electrons. The van der Waals surface area contributed by atoms with Gasteiger partial charge in [-0.1, -0.05) is 51.6 Å². The number of hydrogen-bond acceptors (Lipinski definition) is 3. The van der Waals surface area contributed by atoms with Crippen LogP contribution in [0.25, 0.3) is 0 Å². The Morgan fingerprint density at radius 1 is 1.30 bits per heavy atom. The van der Waals surface area contributed by atoms with Crippen LogP contribution in [0.2, 0.25) is 0 Å². The first kappa shape index (κ1) is 19.1. The van der Waals surface area contributed by atoms with Crippen molar-refractivity contribution in [3.8, 4) is 0 Å². The predicted octanol–water partition coefficient (Wildman–Crippen LogP) is 3.35. The number of rotatable bonds is 4. The molecule has 3 N–H and O–H groups in total. The molecule has 0 heterocycles. The fourth-order valence-electron chi connectivity index (χ4n) is 1.16. The lowest BCUT2D eigenvalue weighted by atomic mass is 9.95. The van der Waals surface area contributed by atoms with Crippen molar-refractivity contribution in [2.75, 3.05) is 0 Å². The van der Waals surface area contributed by atoms with Gasteiger partial charge < -0.3 is 15.6 Å². The molecular weight excluding hydrogens is 250 g/mol. The molecular formula is C17H31NO2. The number of benzene rings is 1. The highest BCUT2D eigenvalue weighted by Gasteiger charge is 2.34. The first-order valence-electron chi connectivity index (χ1n) is 6.94. The Morgan fingerprint density at radius 3 is 2.10 bits per heavy atom. The SMILES string of the molecule is C.CC(C)C(C)(C)O.NC1CC1OCc1ccccc1. The standard InChI is InChI=1S/C10H13NO.C6H14O.CH4/c11-9-6-10(9)12-7-8-4-2-1-3-5-8;1-5(2)6(3,4)7;/h1-5,9-10H,6-7,11H2;5,7H,1-4H3;1H4. The van der Waals surface area contributed by atoms with Gasteiger partial charge in [-0.25, -0.2) is 0 Å². The minimum atomic E-state index is -0.500. The van der Waals surface area contributed by atoms with E-state index in [2.05, 4.69) is 12.1 Å². The average Bonchev–Trinajstić information content (AvgIpc) is 3.04. The zero-order valence-corrected chi connectivity index (χ0v) is 12.5. The van der Waals surface area contributed by atoms with E-state index in [0.29, 0.717) is 18.6 Å². The van der Waals surface area contributed by atoms with Gasteiger partial charge in [0.05, 0.1) is 18.3 Å². The molecule has 2 atom stereocenters. The van der Waals surface area contributed by atoms with Crippen molar-refractivity contribution in [1.82, 2.24) is 0 Å². The van der Waals surface area contributed by atoms with Gasteiger partial charge in [0.25, 0.3) is 0 Å². The first-order chi connectivity index (χ1) is 8.80. The highest BCUT2D eigenvalue weighted by atomic mass is 16.5. The first-order valence-corrected chi connectivity index (χ1v) is 6.94. The Kier molecular flexibility index (Phi) is 8.02. The van der Waals surface area contributed by atoms with E-state index in [1.165, 1.54) is 5.56 Å². The van der Waals surface area contributed by atoms with Crippen molar-refractivity contribution in [3.63, 3.8) is 0 Å². The second-order valence-corrected chi connectivity index (χ2v) is 6.04. The van der Waals surface area contributed by atoms with Gasteiger partial charge >= 0.3 is 0 Å². The molecule has 0 aliphatic heterocycles. The van der Waals surface area contributed by atoms with E-state index in [1.807, 2.05) is 45.9 Å². The van der Waals surface area contributed by atoms with Crippen LogP contribution in [0, 0.1) is 5.92 Å². The smallest absolute Gasteiger partial charge is 0.0747 e. The van der Waals surface area contributed by atoms with Gasteiger partial charge in [0.15, 0.2) is 0 Å². The van der Waals surface area contributed by atoms with Crippen LogP contribution in [0.3, 0.4) is 0 Å². The van der Waals surface area contributed by atoms with Crippen LogP contribution in [0.15, 0.2) is 30.3 Å². The van der Waals surface area contributed by atoms with E-state index < -0.39 is 5.60 Å². The Hall–Kier alpha value is -0.900. The highest BCUT2D eigenvalue weighted by molar-refractivity contribution is 5.13. The summed E-state index contributed by atoms with van der Waals surface area (Å²) < 4.78 is 5.53. The summed E-state index contributed by atoms with van der Waals surface area (Å²) in [6.07, 6.45) is 1.33. The van der Waals surface area contributed by atoms with Gasteiger partial charge in [0, 0.05) is 6.04 Å². The van der Waals surface area contributed by atoms with Crippen molar-refractivity contribution in [2.45, 2.75) is 65.9 Å². The Bertz CT molecular complexity index is 357. The zero-order valence-electron chi connectivity index (χ0n) is 12.5. The molecule has 1 fully saturated rings. The van der Waals surface area contributed by atoms with Gasteiger partial charge in [-0.05, 0) is 31.7 Å². The molecule has 3 nitrogen and oxygen atoms in total. The van der Waals surface area contributed by atoms with Gasteiger partial charge in [-0.15, -0.1) is 0 Å². The monoisotopic (exact) mass is 281 g/mol. The summed E-state index contributed by atoms with van der Waals surface area (Å²) >= 11 is 0. The van der Waals surface area contributed by atoms with Gasteiger partial charge in [-0.3, -0.25) is 0 Å². The van der Waals surface area contributed by atoms with Crippen LogP contribution < -0.4 is 5.73 Å². The summed E-state index contributed by atoms with van der Waals surface area (Å²) in [6.45, 7) is 8.33. The number of ether oxygens (including phenoxy) is 1. The van der Waals surface area contributed by atoms with E-state index in [-0.39, 0.29) is 13.5 Å². The second-order valence-electron chi connectivity index (χ2n) is 6.04. The number of nitrogens with two attached hydrogens (primary N) is 1. The summed E-state index contributed by atoms with van der Waals surface area (Å²) in [7, 11) is 0. The lowest BCUT2D eigenvalue weighted by Gasteiger charge is -2.21. The van der Waals surface area contributed by atoms with Gasteiger partial charge in [0.2, 0.25) is 0 Å². The van der Waals surface area contributed by atoms with Crippen molar-refractivity contribution in [3.05, 3.63) is 35.9 Å². The van der Waals surface area contributed by atoms with Gasteiger partial charge in [-0.2, -0.15) is 0 Å². The van der Waals surface area contributed by atoms with Crippen molar-refractivity contribution in [1.29, 1.82) is 0 Å². The van der Waals surface area contributed by atoms with E-state index in [9.17, 15) is 0 Å². The van der Waals surface area contributed by atoms with Crippen molar-refractivity contribution >= 4 is 0 Å². The summed E-state index contributed by atoms with van der Waals surface area (Å²) in [4.78, 5) is 0. The van der Waals surface area contributed by atoms with Crippen LogP contribution in [-0.2, 0) is 11.3 Å². The van der Waals surface area contributed by atoms with Crippen LogP contribution in [0.5, 0.6) is 0 Å². The summed E-state index contributed by atoms with van der Waals surface area (Å²) in [6, 6.07) is 10.5. The minimum absolute atomic E-state index is 0. The van der Waals surface area contributed by atoms with E-state index >= 15 is 0 Å². The Labute approximate surface area is 124 Å². The minimum Gasteiger partial charge on any atom is -0.390 e. The third-order valence-electron chi connectivity index (χ3n) is 3.50. The average molecular weight is 281 g/mol. The third-order valence-corrected chi connectivity index (χ3v) is 3.50. The molecule has 2 rings (SSSR count). The Morgan fingerprint density at radius 2 is 1.75 bits per heavy atom. The van der Waals surface area contributed by atoms with Crippen LogP contribution >= 0.6 is 0 Å². The predicted molar refractivity (Wildman–Crippen MR) is 85.5 cm³/mol. The molecule has 0 saturated heterocycles.